The number of hydrogen-bond donors (Lipinski definition) is 0. The van der Waals surface area contributed by atoms with Crippen molar-refractivity contribution in [2.24, 2.45) is 23.7 Å². The van der Waals surface area contributed by atoms with Gasteiger partial charge in [0, 0.05) is 0 Å². The van der Waals surface area contributed by atoms with E-state index in [4.69, 9.17) is 9.47 Å². The summed E-state index contributed by atoms with van der Waals surface area (Å²) in [4.78, 5) is 0. The fourth-order valence-electron chi connectivity index (χ4n) is 2.86. The summed E-state index contributed by atoms with van der Waals surface area (Å²) in [6, 6.07) is 2.79. The number of ether oxygens (including phenoxy) is 2. The van der Waals surface area contributed by atoms with Crippen LogP contribution in [0, 0.1) is 35.3 Å². The molecule has 0 bridgehead atoms. The van der Waals surface area contributed by atoms with Crippen LogP contribution in [0.25, 0.3) is 0 Å². The van der Waals surface area contributed by atoms with E-state index in [1.54, 1.807) is 0 Å². The van der Waals surface area contributed by atoms with Crippen LogP contribution in [0.4, 0.5) is 8.78 Å². The van der Waals surface area contributed by atoms with Gasteiger partial charge in [-0.05, 0) is 55.1 Å². The Balaban J connectivity index is 2.39. The molecule has 4 unspecified atom stereocenters. The lowest BCUT2D eigenvalue weighted by molar-refractivity contribution is 0.221. The molecule has 0 aliphatic carbocycles. The van der Waals surface area contributed by atoms with Gasteiger partial charge in [-0.15, -0.1) is 6.58 Å². The van der Waals surface area contributed by atoms with Crippen molar-refractivity contribution in [3.05, 3.63) is 36.4 Å². The largest absolute Gasteiger partial charge is 0.494 e. The number of allylic oxidation sites excluding steroid dienone is 1. The first-order valence-corrected chi connectivity index (χ1v) is 9.57. The van der Waals surface area contributed by atoms with Gasteiger partial charge >= 0.3 is 0 Å². The summed E-state index contributed by atoms with van der Waals surface area (Å²) in [5.41, 5.74) is 0. The Kier molecular flexibility index (Phi) is 9.68. The molecule has 0 amide bonds. The minimum absolute atomic E-state index is 0.0602. The third-order valence-electron chi connectivity index (χ3n) is 5.32. The summed E-state index contributed by atoms with van der Waals surface area (Å²) in [5, 5.41) is 0. The third kappa shape index (κ3) is 6.97. The normalized spacial score (nSPS) is 15.8. The maximum absolute atomic E-state index is 13.9. The van der Waals surface area contributed by atoms with E-state index in [2.05, 4.69) is 34.3 Å². The molecule has 1 aromatic rings. The Hall–Kier alpha value is -1.58. The van der Waals surface area contributed by atoms with Gasteiger partial charge in [0.2, 0.25) is 11.6 Å². The van der Waals surface area contributed by atoms with Gasteiger partial charge in [0.25, 0.3) is 0 Å². The van der Waals surface area contributed by atoms with Crippen LogP contribution in [-0.2, 0) is 0 Å². The van der Waals surface area contributed by atoms with Gasteiger partial charge in [-0.1, -0.05) is 40.2 Å². The first kappa shape index (κ1) is 22.5. The van der Waals surface area contributed by atoms with Crippen LogP contribution in [0.15, 0.2) is 24.8 Å². The van der Waals surface area contributed by atoms with Crippen molar-refractivity contribution >= 4 is 0 Å². The van der Waals surface area contributed by atoms with Crippen LogP contribution < -0.4 is 9.47 Å². The number of rotatable bonds is 12. The first-order valence-electron chi connectivity index (χ1n) is 9.57. The van der Waals surface area contributed by atoms with E-state index < -0.39 is 11.6 Å². The van der Waals surface area contributed by atoms with Crippen LogP contribution in [0.2, 0.25) is 0 Å². The molecule has 2 nitrogen and oxygen atoms in total. The number of halogens is 2. The summed E-state index contributed by atoms with van der Waals surface area (Å²) < 4.78 is 37.9. The predicted molar refractivity (Wildman–Crippen MR) is 104 cm³/mol. The Morgan fingerprint density at radius 3 is 2.04 bits per heavy atom. The predicted octanol–water partition coefficient (Wildman–Crippen LogP) is 6.64. The molecule has 0 saturated heterocycles. The van der Waals surface area contributed by atoms with Crippen molar-refractivity contribution < 1.29 is 18.3 Å². The lowest BCUT2D eigenvalue weighted by atomic mass is 9.84. The van der Waals surface area contributed by atoms with Crippen molar-refractivity contribution in [2.45, 2.75) is 53.4 Å². The van der Waals surface area contributed by atoms with Crippen LogP contribution in [0.3, 0.4) is 0 Å². The molecule has 0 spiro atoms. The molecule has 26 heavy (non-hydrogen) atoms. The Bertz CT molecular complexity index is 559. The van der Waals surface area contributed by atoms with E-state index >= 15 is 0 Å². The molecule has 4 heteroatoms. The van der Waals surface area contributed by atoms with Gasteiger partial charge in [-0.2, -0.15) is 8.78 Å². The molecule has 4 atom stereocenters. The van der Waals surface area contributed by atoms with E-state index in [0.29, 0.717) is 24.4 Å². The van der Waals surface area contributed by atoms with Crippen molar-refractivity contribution in [3.63, 3.8) is 0 Å². The second kappa shape index (κ2) is 11.2. The molecule has 148 valence electrons. The summed E-state index contributed by atoms with van der Waals surface area (Å²) in [5.74, 6) is -0.0310. The molecule has 1 aromatic carbocycles. The topological polar surface area (TPSA) is 18.5 Å². The van der Waals surface area contributed by atoms with Gasteiger partial charge in [-0.3, -0.25) is 0 Å². The van der Waals surface area contributed by atoms with Crippen LogP contribution in [0.5, 0.6) is 11.5 Å². The highest BCUT2D eigenvalue weighted by molar-refractivity contribution is 5.34. The maximum atomic E-state index is 13.9. The zero-order valence-electron chi connectivity index (χ0n) is 16.9. The SMILES string of the molecule is C=CC(C)CCC(C)C(C)CCC(C)COc1ccc(OC)c(F)c1F. The monoisotopic (exact) mass is 368 g/mol. The van der Waals surface area contributed by atoms with Gasteiger partial charge < -0.3 is 9.47 Å². The van der Waals surface area contributed by atoms with Gasteiger partial charge in [-0.25, -0.2) is 0 Å². The fourth-order valence-corrected chi connectivity index (χ4v) is 2.86. The minimum Gasteiger partial charge on any atom is -0.494 e. The highest BCUT2D eigenvalue weighted by Gasteiger charge is 2.17. The smallest absolute Gasteiger partial charge is 0.204 e. The zero-order valence-corrected chi connectivity index (χ0v) is 16.9. The van der Waals surface area contributed by atoms with Crippen molar-refractivity contribution in [1.82, 2.24) is 0 Å². The molecule has 0 aliphatic heterocycles. The highest BCUT2D eigenvalue weighted by Crippen LogP contribution is 2.29. The molecule has 0 saturated carbocycles. The molecule has 0 fully saturated rings. The lowest BCUT2D eigenvalue weighted by Crippen LogP contribution is -2.14. The quantitative estimate of drug-likeness (QED) is 0.385. The molecule has 0 aromatic heterocycles. The Morgan fingerprint density at radius 1 is 0.923 bits per heavy atom. The minimum atomic E-state index is -1.01. The van der Waals surface area contributed by atoms with Gasteiger partial charge in [0.05, 0.1) is 13.7 Å². The average Bonchev–Trinajstić information content (AvgIpc) is 2.64. The molecule has 0 N–H and O–H groups in total. The lowest BCUT2D eigenvalue weighted by Gasteiger charge is -2.22. The Labute approximate surface area is 157 Å². The van der Waals surface area contributed by atoms with E-state index in [1.807, 2.05) is 6.08 Å². The Morgan fingerprint density at radius 2 is 1.46 bits per heavy atom. The van der Waals surface area contributed by atoms with Crippen molar-refractivity contribution in [2.75, 3.05) is 13.7 Å². The van der Waals surface area contributed by atoms with E-state index in [9.17, 15) is 8.78 Å². The van der Waals surface area contributed by atoms with E-state index in [0.717, 1.165) is 12.8 Å². The van der Waals surface area contributed by atoms with Crippen LogP contribution in [-0.4, -0.2) is 13.7 Å². The molecule has 1 rings (SSSR count). The average molecular weight is 369 g/mol. The molecular weight excluding hydrogens is 334 g/mol. The standard InChI is InChI=1S/C22H34F2O2/c1-7-15(2)8-10-17(4)18(5)11-9-16(3)14-26-20-13-12-19(25-6)21(23)22(20)24/h7,12-13,15-18H,1,8-11,14H2,2-6H3. The van der Waals surface area contributed by atoms with E-state index in [1.165, 1.54) is 32.1 Å². The van der Waals surface area contributed by atoms with Gasteiger partial charge in [0.1, 0.15) is 0 Å². The van der Waals surface area contributed by atoms with Crippen LogP contribution in [0.1, 0.15) is 53.4 Å². The third-order valence-corrected chi connectivity index (χ3v) is 5.32. The fraction of sp³-hybridized carbons (Fsp3) is 0.636. The van der Waals surface area contributed by atoms with E-state index in [-0.39, 0.29) is 17.4 Å². The second-order valence-electron chi connectivity index (χ2n) is 7.63. The summed E-state index contributed by atoms with van der Waals surface area (Å²) in [7, 11) is 1.31. The summed E-state index contributed by atoms with van der Waals surface area (Å²) >= 11 is 0. The molecule has 0 heterocycles. The van der Waals surface area contributed by atoms with Gasteiger partial charge in [0.15, 0.2) is 11.5 Å². The summed E-state index contributed by atoms with van der Waals surface area (Å²) in [6.45, 7) is 13.1. The van der Waals surface area contributed by atoms with Crippen molar-refractivity contribution in [3.8, 4) is 11.5 Å². The maximum Gasteiger partial charge on any atom is 0.204 e. The number of methoxy groups -OCH3 is 1. The molecule has 0 aliphatic rings. The van der Waals surface area contributed by atoms with Crippen molar-refractivity contribution in [1.29, 1.82) is 0 Å². The highest BCUT2D eigenvalue weighted by atomic mass is 19.2. The number of hydrogen-bond acceptors (Lipinski definition) is 2. The first-order chi connectivity index (χ1) is 12.3. The summed E-state index contributed by atoms with van der Waals surface area (Å²) in [6.07, 6.45) is 6.50. The zero-order chi connectivity index (χ0) is 19.7. The second-order valence-corrected chi connectivity index (χ2v) is 7.63. The molecular formula is C22H34F2O2. The molecule has 0 radical (unpaired) electrons. The van der Waals surface area contributed by atoms with Crippen LogP contribution >= 0.6 is 0 Å². The number of benzene rings is 1.